The molecule has 0 aliphatic carbocycles. The van der Waals surface area contributed by atoms with E-state index in [1.54, 1.807) is 0 Å². The molecule has 0 atom stereocenters. The van der Waals surface area contributed by atoms with Gasteiger partial charge >= 0.3 is 40.6 Å². The van der Waals surface area contributed by atoms with Gasteiger partial charge in [0.25, 0.3) is 0 Å². The number of hydrogen-bond donors (Lipinski definition) is 4. The molecule has 1 amide bonds. The van der Waals surface area contributed by atoms with Crippen LogP contribution in [0.15, 0.2) is 0 Å². The molecule has 48 valence electrons. The molecule has 0 aliphatic rings. The van der Waals surface area contributed by atoms with Crippen molar-refractivity contribution in [3.8, 4) is 0 Å². The van der Waals surface area contributed by atoms with Crippen molar-refractivity contribution in [2.75, 3.05) is 0 Å². The van der Waals surface area contributed by atoms with Crippen LogP contribution in [-0.4, -0.2) is 11.2 Å². The van der Waals surface area contributed by atoms with Gasteiger partial charge in [-0.05, 0) is 0 Å². The fourth-order valence-corrected chi connectivity index (χ4v) is 0. The van der Waals surface area contributed by atoms with Crippen LogP contribution in [0.4, 0.5) is 4.79 Å². The molecule has 7 heavy (non-hydrogen) atoms. The van der Waals surface area contributed by atoms with Crippen molar-refractivity contribution < 1.29 is 22.1 Å². The van der Waals surface area contributed by atoms with E-state index in [-0.39, 0.29) is 0 Å². The van der Waals surface area contributed by atoms with Gasteiger partial charge in [-0.2, -0.15) is 0 Å². The van der Waals surface area contributed by atoms with Crippen LogP contribution in [0, 0.1) is 0 Å². The van der Waals surface area contributed by atoms with E-state index in [2.05, 4.69) is 28.0 Å². The molecule has 6 heteroatoms. The van der Waals surface area contributed by atoms with Gasteiger partial charge in [0.05, 0.1) is 0 Å². The number of hydrogen-bond acceptors (Lipinski definition) is 3. The molecule has 0 aromatic rings. The summed E-state index contributed by atoms with van der Waals surface area (Å²) < 4.78 is 0. The van der Waals surface area contributed by atoms with Crippen LogP contribution in [0.3, 0.4) is 0 Å². The number of carbonyl (C=O) groups is 1. The number of rotatable bonds is 0. The quantitative estimate of drug-likeness (QED) is 0.326. The average molecular weight is 186 g/mol. The Labute approximate surface area is 56.5 Å². The van der Waals surface area contributed by atoms with Gasteiger partial charge in [-0.1, -0.05) is 0 Å². The van der Waals surface area contributed by atoms with Gasteiger partial charge in [-0.3, -0.25) is 0 Å². The molecular formula is CH5NNiO2S2. The topological polar surface area (TPSA) is 63.3 Å². The molecule has 0 aliphatic heterocycles. The van der Waals surface area contributed by atoms with Crippen molar-refractivity contribution in [3.63, 3.8) is 0 Å². The summed E-state index contributed by atoms with van der Waals surface area (Å²) in [6.07, 6.45) is -1.33. The Hall–Kier alpha value is 0.464. The Morgan fingerprint density at radius 1 is 1.71 bits per heavy atom. The van der Waals surface area contributed by atoms with Crippen LogP contribution in [-0.2, 0) is 12.2 Å². The molecule has 3 nitrogen and oxygen atoms in total. The van der Waals surface area contributed by atoms with Crippen molar-refractivity contribution in [3.05, 3.63) is 0 Å². The van der Waals surface area contributed by atoms with Gasteiger partial charge in [-0.25, -0.2) is 4.79 Å². The maximum atomic E-state index is 8.78. The summed E-state index contributed by atoms with van der Waals surface area (Å²) in [5.74, 6) is 0. The Morgan fingerprint density at radius 3 is 1.71 bits per heavy atom. The molecule has 0 aromatic heterocycles. The molecule has 0 bridgehead atoms. The van der Waals surface area contributed by atoms with Crippen molar-refractivity contribution in [1.82, 2.24) is 0 Å². The minimum absolute atomic E-state index is 1.01. The van der Waals surface area contributed by atoms with Crippen LogP contribution in [0.2, 0.25) is 0 Å². The third kappa shape index (κ3) is 599. The van der Waals surface area contributed by atoms with Crippen LogP contribution >= 0.6 is 22.3 Å². The second kappa shape index (κ2) is 9.68. The fraction of sp³-hybridized carbons (Fsp3) is 0. The third-order valence-electron chi connectivity index (χ3n) is 0. The second-order valence-electron chi connectivity index (χ2n) is 0.401. The molecule has 0 aromatic carbocycles. The van der Waals surface area contributed by atoms with Crippen molar-refractivity contribution >= 4 is 28.4 Å². The van der Waals surface area contributed by atoms with E-state index < -0.39 is 6.09 Å². The Kier molecular flexibility index (Phi) is 14.5. The van der Waals surface area contributed by atoms with E-state index >= 15 is 0 Å². The summed E-state index contributed by atoms with van der Waals surface area (Å²) in [5, 5.41) is 7.19. The molecule has 0 radical (unpaired) electrons. The monoisotopic (exact) mass is 185 g/mol. The van der Waals surface area contributed by atoms with Gasteiger partial charge in [-0.15, -0.1) is 0 Å². The standard InChI is InChI=1S/CH3NO2.Ni.2H2S/c2-1(3)4;;;/h2H2,(H,3,4);;2*1H2/q;+2;;/p-2. The van der Waals surface area contributed by atoms with Crippen LogP contribution in [0.1, 0.15) is 0 Å². The molecule has 3 N–H and O–H groups in total. The number of amides is 1. The zero-order chi connectivity index (χ0) is 6.28. The fourth-order valence-electron chi connectivity index (χ4n) is 0. The minimum atomic E-state index is -1.33. The van der Waals surface area contributed by atoms with Crippen molar-refractivity contribution in [1.29, 1.82) is 0 Å². The van der Waals surface area contributed by atoms with Crippen LogP contribution < -0.4 is 5.73 Å². The van der Waals surface area contributed by atoms with Gasteiger partial charge < -0.3 is 10.8 Å². The van der Waals surface area contributed by atoms with E-state index in [0.717, 1.165) is 12.2 Å². The number of primary amides is 1. The summed E-state index contributed by atoms with van der Waals surface area (Å²) in [5.41, 5.74) is 4.03. The predicted octanol–water partition coefficient (Wildman–Crippen LogP) is 0.382. The normalized spacial score (nSPS) is 6.57. The number of nitrogens with two attached hydrogens (primary N) is 1. The first-order valence-electron chi connectivity index (χ1n) is 0.999. The summed E-state index contributed by atoms with van der Waals surface area (Å²) in [6.45, 7) is 0. The van der Waals surface area contributed by atoms with Crippen LogP contribution in [0.25, 0.3) is 0 Å². The molecule has 0 rings (SSSR count). The van der Waals surface area contributed by atoms with Gasteiger partial charge in [0.2, 0.25) is 0 Å². The first kappa shape index (κ1) is 10.4. The maximum absolute atomic E-state index is 8.78. The molecule has 0 fully saturated rings. The van der Waals surface area contributed by atoms with E-state index in [0.29, 0.717) is 0 Å². The van der Waals surface area contributed by atoms with Gasteiger partial charge in [0.15, 0.2) is 0 Å². The number of thiol groups is 2. The number of carboxylic acid groups (broad SMARTS) is 1. The summed E-state index contributed by atoms with van der Waals surface area (Å²) in [6, 6.07) is 0. The van der Waals surface area contributed by atoms with Gasteiger partial charge in [0.1, 0.15) is 0 Å². The van der Waals surface area contributed by atoms with Crippen molar-refractivity contribution in [2.24, 2.45) is 5.73 Å². The third-order valence-corrected chi connectivity index (χ3v) is 0. The summed E-state index contributed by atoms with van der Waals surface area (Å²) >= 11 is 8.19. The zero-order valence-corrected chi connectivity index (χ0v) is 5.92. The van der Waals surface area contributed by atoms with E-state index in [4.69, 9.17) is 9.90 Å². The summed E-state index contributed by atoms with van der Waals surface area (Å²) in [7, 11) is 0. The molecule has 0 saturated carbocycles. The molecule has 0 saturated heterocycles. The first-order valence-corrected chi connectivity index (χ1v) is 4.21. The summed E-state index contributed by atoms with van der Waals surface area (Å²) in [4.78, 5) is 8.78. The van der Waals surface area contributed by atoms with E-state index in [1.165, 1.54) is 0 Å². The zero-order valence-electron chi connectivity index (χ0n) is 3.14. The van der Waals surface area contributed by atoms with Crippen molar-refractivity contribution in [2.45, 2.75) is 0 Å². The molecule has 0 unspecified atom stereocenters. The SMILES string of the molecule is NC(=O)O.[SH][Ni][SH]. The first-order chi connectivity index (χ1) is 3.15. The second-order valence-corrected chi connectivity index (χ2v) is 2.69. The van der Waals surface area contributed by atoms with Crippen LogP contribution in [0.5, 0.6) is 0 Å². The average Bonchev–Trinajstić information content (AvgIpc) is 1.33. The Balaban J connectivity index is 0. The predicted molar refractivity (Wildman–Crippen MR) is 30.2 cm³/mol. The molecular weight excluding hydrogens is 181 g/mol. The Morgan fingerprint density at radius 2 is 1.71 bits per heavy atom. The Bertz CT molecular complexity index is 47.0. The van der Waals surface area contributed by atoms with E-state index in [9.17, 15) is 0 Å². The molecule has 0 heterocycles. The molecule has 0 spiro atoms. The van der Waals surface area contributed by atoms with E-state index in [1.807, 2.05) is 0 Å². The van der Waals surface area contributed by atoms with Gasteiger partial charge in [0, 0.05) is 0 Å².